The van der Waals surface area contributed by atoms with Gasteiger partial charge in [-0.15, -0.1) is 0 Å². The summed E-state index contributed by atoms with van der Waals surface area (Å²) in [6, 6.07) is 3.90. The molecule has 0 aliphatic heterocycles. The minimum atomic E-state index is -5.38. The van der Waals surface area contributed by atoms with E-state index in [2.05, 4.69) is 4.98 Å². The van der Waals surface area contributed by atoms with Gasteiger partial charge in [-0.1, -0.05) is 20.8 Å². The summed E-state index contributed by atoms with van der Waals surface area (Å²) in [5.41, 5.74) is -4.09. The highest BCUT2D eigenvalue weighted by atomic mass is 32.2. The van der Waals surface area contributed by atoms with Crippen LogP contribution in [0.4, 0.5) is 13.2 Å². The number of ether oxygens (including phenoxy) is 1. The average Bonchev–Trinajstić information content (AvgIpc) is 2.71. The van der Waals surface area contributed by atoms with E-state index in [4.69, 9.17) is 14.2 Å². The molecule has 7 nitrogen and oxygen atoms in total. The first-order chi connectivity index (χ1) is 14.8. The maximum Gasteiger partial charge on any atom is 0.348 e. The number of aromatic nitrogens is 1. The van der Waals surface area contributed by atoms with Crippen molar-refractivity contribution in [2.75, 3.05) is 7.11 Å². The molecule has 32 heavy (non-hydrogen) atoms. The molecule has 1 aromatic carbocycles. The first-order valence-corrected chi connectivity index (χ1v) is 11.3. The first-order valence-electron chi connectivity index (χ1n) is 9.91. The second-order valence-corrected chi connectivity index (χ2v) is 10.1. The molecule has 4 unspecified atom stereocenters. The maximum atomic E-state index is 16.1. The van der Waals surface area contributed by atoms with Crippen LogP contribution in [0.5, 0.6) is 11.5 Å². The molecule has 11 heteroatoms. The Morgan fingerprint density at radius 1 is 1.28 bits per heavy atom. The van der Waals surface area contributed by atoms with E-state index in [-0.39, 0.29) is 28.6 Å². The van der Waals surface area contributed by atoms with Crippen molar-refractivity contribution in [3.8, 4) is 17.6 Å². The number of hydrogen-bond donors (Lipinski definition) is 1. The van der Waals surface area contributed by atoms with E-state index in [1.807, 2.05) is 0 Å². The van der Waals surface area contributed by atoms with Gasteiger partial charge in [0.05, 0.1) is 18.0 Å². The number of rotatable bonds is 5. The van der Waals surface area contributed by atoms with Gasteiger partial charge < -0.3 is 13.9 Å². The molecule has 2 aromatic rings. The van der Waals surface area contributed by atoms with Crippen LogP contribution in [0.1, 0.15) is 39.2 Å². The van der Waals surface area contributed by atoms with E-state index < -0.39 is 56.4 Å². The number of pyridine rings is 1. The Morgan fingerprint density at radius 2 is 1.94 bits per heavy atom. The molecule has 1 aliphatic carbocycles. The van der Waals surface area contributed by atoms with E-state index in [0.717, 1.165) is 25.4 Å². The summed E-state index contributed by atoms with van der Waals surface area (Å²) in [5, 5.41) is 5.34. The topological polar surface area (TPSA) is 109 Å². The number of nitrogens with zero attached hydrogens (tertiary/aromatic N) is 1. The Hall–Kier alpha value is -2.74. The molecule has 0 bridgehead atoms. The second-order valence-electron chi connectivity index (χ2n) is 8.39. The van der Waals surface area contributed by atoms with Gasteiger partial charge in [-0.25, -0.2) is 13.2 Å². The van der Waals surface area contributed by atoms with E-state index in [0.29, 0.717) is 0 Å². The zero-order chi connectivity index (χ0) is 24.1. The molecule has 1 N–H and O–H groups in total. The van der Waals surface area contributed by atoms with E-state index in [1.54, 1.807) is 6.07 Å². The van der Waals surface area contributed by atoms with Crippen LogP contribution < -0.4 is 14.3 Å². The van der Waals surface area contributed by atoms with Crippen LogP contribution in [0.3, 0.4) is 0 Å². The molecule has 1 heterocycles. The monoisotopic (exact) mass is 472 g/mol. The SMILES string of the molecule is COc1cc2c(=O)c(C#N)c[nH]c2cc1OS(=O)(=O)C1(F)CC(C)CC(F)C1(F)C(C)C. The van der Waals surface area contributed by atoms with Crippen molar-refractivity contribution >= 4 is 21.0 Å². The molecule has 174 valence electrons. The van der Waals surface area contributed by atoms with E-state index in [1.165, 1.54) is 20.8 Å². The van der Waals surface area contributed by atoms with Gasteiger partial charge in [0.15, 0.2) is 17.2 Å². The predicted octanol–water partition coefficient (Wildman–Crippen LogP) is 3.92. The molecule has 1 aliphatic rings. The zero-order valence-corrected chi connectivity index (χ0v) is 18.7. The smallest absolute Gasteiger partial charge is 0.348 e. The van der Waals surface area contributed by atoms with Crippen LogP contribution in [0.2, 0.25) is 0 Å². The van der Waals surface area contributed by atoms with Crippen LogP contribution in [-0.2, 0) is 10.1 Å². The highest BCUT2D eigenvalue weighted by molar-refractivity contribution is 7.88. The van der Waals surface area contributed by atoms with Gasteiger partial charge in [-0.3, -0.25) is 4.79 Å². The third-order valence-electron chi connectivity index (χ3n) is 5.97. The fourth-order valence-corrected chi connectivity index (χ4v) is 5.99. The summed E-state index contributed by atoms with van der Waals surface area (Å²) >= 11 is 0. The highest BCUT2D eigenvalue weighted by Gasteiger charge is 2.71. The summed E-state index contributed by atoms with van der Waals surface area (Å²) in [6.45, 7) is 3.85. The van der Waals surface area contributed by atoms with Crippen LogP contribution in [0.25, 0.3) is 10.9 Å². The molecule has 1 aromatic heterocycles. The Morgan fingerprint density at radius 3 is 2.50 bits per heavy atom. The fourth-order valence-electron chi connectivity index (χ4n) is 4.25. The maximum absolute atomic E-state index is 16.1. The number of benzene rings is 1. The van der Waals surface area contributed by atoms with E-state index in [9.17, 15) is 17.6 Å². The molecule has 1 fully saturated rings. The molecule has 1 saturated carbocycles. The number of hydrogen-bond acceptors (Lipinski definition) is 6. The third kappa shape index (κ3) is 3.41. The van der Waals surface area contributed by atoms with Crippen molar-refractivity contribution in [3.05, 3.63) is 34.1 Å². The lowest BCUT2D eigenvalue weighted by Gasteiger charge is -2.47. The quantitative estimate of drug-likeness (QED) is 0.661. The van der Waals surface area contributed by atoms with Gasteiger partial charge in [0.2, 0.25) is 5.43 Å². The summed E-state index contributed by atoms with van der Waals surface area (Å²) in [7, 11) is -4.23. The molecule has 4 atom stereocenters. The molecule has 0 spiro atoms. The van der Waals surface area contributed by atoms with Crippen molar-refractivity contribution < 1.29 is 30.5 Å². The number of nitrogens with one attached hydrogen (secondary N) is 1. The van der Waals surface area contributed by atoms with Crippen molar-refractivity contribution in [2.45, 2.75) is 50.5 Å². The summed E-state index contributed by atoms with van der Waals surface area (Å²) in [6.07, 6.45) is -2.34. The Balaban J connectivity index is 2.16. The lowest BCUT2D eigenvalue weighted by molar-refractivity contribution is -0.119. The summed E-state index contributed by atoms with van der Waals surface area (Å²) in [5.74, 6) is -2.83. The second kappa shape index (κ2) is 7.99. The minimum Gasteiger partial charge on any atom is -0.493 e. The zero-order valence-electron chi connectivity index (χ0n) is 17.9. The minimum absolute atomic E-state index is 0.00209. The number of halogens is 3. The Kier molecular flexibility index (Phi) is 5.97. The average molecular weight is 472 g/mol. The van der Waals surface area contributed by atoms with Gasteiger partial charge >= 0.3 is 10.1 Å². The molecule has 0 radical (unpaired) electrons. The van der Waals surface area contributed by atoms with Gasteiger partial charge in [-0.05, 0) is 24.3 Å². The standard InChI is InChI=1S/C21H23F3N2O5S/c1-11(2)21(24)18(22)5-12(3)8-20(21,23)32(28,29)31-17-7-15-14(6-16(17)30-4)19(27)13(9-25)10-26-15/h6-7,10-12,18H,5,8H2,1-4H3,(H,26,27). The number of fused-ring (bicyclic) bond motifs is 1. The van der Waals surface area contributed by atoms with Crippen LogP contribution in [0.15, 0.2) is 23.1 Å². The van der Waals surface area contributed by atoms with Crippen LogP contribution >= 0.6 is 0 Å². The van der Waals surface area contributed by atoms with Crippen LogP contribution in [0, 0.1) is 23.2 Å². The molecule has 3 rings (SSSR count). The number of aromatic amines is 1. The number of methoxy groups -OCH3 is 1. The molecular formula is C21H23F3N2O5S. The van der Waals surface area contributed by atoms with Gasteiger partial charge in [0, 0.05) is 18.7 Å². The lowest BCUT2D eigenvalue weighted by atomic mass is 9.72. The van der Waals surface area contributed by atoms with Gasteiger partial charge in [-0.2, -0.15) is 13.7 Å². The number of alkyl halides is 3. The molecule has 0 amide bonds. The summed E-state index contributed by atoms with van der Waals surface area (Å²) in [4.78, 5) is 15.0. The Labute approximate surface area is 183 Å². The van der Waals surface area contributed by atoms with Crippen molar-refractivity contribution in [2.24, 2.45) is 11.8 Å². The normalized spacial score (nSPS) is 28.5. The van der Waals surface area contributed by atoms with Crippen LogP contribution in [-0.4, -0.2) is 37.4 Å². The van der Waals surface area contributed by atoms with Gasteiger partial charge in [0.25, 0.3) is 5.00 Å². The summed E-state index contributed by atoms with van der Waals surface area (Å²) < 4.78 is 82.8. The highest BCUT2D eigenvalue weighted by Crippen LogP contribution is 2.54. The number of nitriles is 1. The van der Waals surface area contributed by atoms with Crippen molar-refractivity contribution in [1.29, 1.82) is 5.26 Å². The Bertz CT molecular complexity index is 1260. The van der Waals surface area contributed by atoms with Gasteiger partial charge in [0.1, 0.15) is 17.8 Å². The predicted molar refractivity (Wildman–Crippen MR) is 111 cm³/mol. The fraction of sp³-hybridized carbons (Fsp3) is 0.524. The van der Waals surface area contributed by atoms with Crippen molar-refractivity contribution in [3.63, 3.8) is 0 Å². The molecule has 0 saturated heterocycles. The lowest BCUT2D eigenvalue weighted by Crippen LogP contribution is -2.65. The number of H-pyrrole nitrogens is 1. The first kappa shape index (κ1) is 23.9. The van der Waals surface area contributed by atoms with Crippen molar-refractivity contribution in [1.82, 2.24) is 4.98 Å². The molecular weight excluding hydrogens is 449 g/mol. The van der Waals surface area contributed by atoms with E-state index >= 15 is 8.78 Å². The largest absolute Gasteiger partial charge is 0.493 e. The third-order valence-corrected chi connectivity index (χ3v) is 7.64.